The summed E-state index contributed by atoms with van der Waals surface area (Å²) in [6, 6.07) is 17.2. The van der Waals surface area contributed by atoms with Crippen molar-refractivity contribution < 1.29 is 23.8 Å². The summed E-state index contributed by atoms with van der Waals surface area (Å²) in [6.07, 6.45) is 0.437. The van der Waals surface area contributed by atoms with Crippen molar-refractivity contribution in [2.24, 2.45) is 5.41 Å². The number of carbonyl (C=O) groups excluding carboxylic acids is 1. The first-order valence-electron chi connectivity index (χ1n) is 9.18. The van der Waals surface area contributed by atoms with Crippen LogP contribution in [0.25, 0.3) is 10.8 Å². The van der Waals surface area contributed by atoms with Gasteiger partial charge in [0.15, 0.2) is 5.76 Å². The molecule has 144 valence electrons. The fraction of sp³-hybridized carbons (Fsp3) is 0.273. The van der Waals surface area contributed by atoms with Gasteiger partial charge in [0.25, 0.3) is 5.91 Å². The van der Waals surface area contributed by atoms with Crippen molar-refractivity contribution in [3.63, 3.8) is 0 Å². The molecule has 28 heavy (non-hydrogen) atoms. The van der Waals surface area contributed by atoms with E-state index in [1.807, 2.05) is 42.5 Å². The third-order valence-corrected chi connectivity index (χ3v) is 5.25. The number of rotatable bonds is 5. The predicted octanol–water partition coefficient (Wildman–Crippen LogP) is 3.95. The molecule has 1 amide bonds. The van der Waals surface area contributed by atoms with Crippen molar-refractivity contribution >= 4 is 22.6 Å². The molecule has 1 N–H and O–H groups in total. The minimum absolute atomic E-state index is 0.185. The van der Waals surface area contributed by atoms with E-state index in [0.717, 1.165) is 16.5 Å². The number of ether oxygens (including phenoxy) is 1. The van der Waals surface area contributed by atoms with E-state index in [1.54, 1.807) is 19.1 Å². The molecule has 0 radical (unpaired) electrons. The molecule has 1 fully saturated rings. The SMILES string of the molecule is CC1(C(=O)O)CCN(C(=O)c2ccc(COc3ccc4ccccc4c3)o2)C1. The highest BCUT2D eigenvalue weighted by molar-refractivity contribution is 5.92. The molecule has 1 saturated heterocycles. The Morgan fingerprint density at radius 3 is 2.68 bits per heavy atom. The standard InChI is InChI=1S/C22H21NO5/c1-22(21(25)26)10-11-23(14-22)20(24)19-9-8-18(28-19)13-27-17-7-6-15-4-2-3-5-16(15)12-17/h2-9,12H,10-11,13-14H2,1H3,(H,25,26). The quantitative estimate of drug-likeness (QED) is 0.726. The summed E-state index contributed by atoms with van der Waals surface area (Å²) in [7, 11) is 0. The molecule has 1 aromatic heterocycles. The van der Waals surface area contributed by atoms with E-state index in [9.17, 15) is 14.7 Å². The van der Waals surface area contributed by atoms with E-state index in [0.29, 0.717) is 18.7 Å². The lowest BCUT2D eigenvalue weighted by Gasteiger charge is -2.19. The van der Waals surface area contributed by atoms with Gasteiger partial charge in [-0.15, -0.1) is 0 Å². The molecule has 6 nitrogen and oxygen atoms in total. The zero-order chi connectivity index (χ0) is 19.7. The van der Waals surface area contributed by atoms with E-state index < -0.39 is 11.4 Å². The molecule has 1 unspecified atom stereocenters. The molecule has 0 spiro atoms. The summed E-state index contributed by atoms with van der Waals surface area (Å²) >= 11 is 0. The van der Waals surface area contributed by atoms with Gasteiger partial charge in [-0.1, -0.05) is 30.3 Å². The van der Waals surface area contributed by atoms with Gasteiger partial charge in [-0.2, -0.15) is 0 Å². The van der Waals surface area contributed by atoms with Gasteiger partial charge in [-0.05, 0) is 48.4 Å². The molecular formula is C22H21NO5. The van der Waals surface area contributed by atoms with Crippen molar-refractivity contribution in [1.82, 2.24) is 4.90 Å². The van der Waals surface area contributed by atoms with Crippen LogP contribution in [-0.4, -0.2) is 35.0 Å². The van der Waals surface area contributed by atoms with Crippen molar-refractivity contribution in [1.29, 1.82) is 0 Å². The second-order valence-electron chi connectivity index (χ2n) is 7.41. The molecular weight excluding hydrogens is 358 g/mol. The highest BCUT2D eigenvalue weighted by Gasteiger charge is 2.42. The normalized spacial score (nSPS) is 19.1. The number of furan rings is 1. The third kappa shape index (κ3) is 3.45. The number of carboxylic acids is 1. The summed E-state index contributed by atoms with van der Waals surface area (Å²) in [5.74, 6) is 0.289. The average Bonchev–Trinajstić information content (AvgIpc) is 3.33. The van der Waals surface area contributed by atoms with Gasteiger partial charge in [0.2, 0.25) is 0 Å². The number of carboxylic acid groups (broad SMARTS) is 1. The molecule has 0 aliphatic carbocycles. The number of benzene rings is 2. The summed E-state index contributed by atoms with van der Waals surface area (Å²) < 4.78 is 11.4. The van der Waals surface area contributed by atoms with E-state index in [-0.39, 0.29) is 24.8 Å². The summed E-state index contributed by atoms with van der Waals surface area (Å²) in [4.78, 5) is 25.5. The first kappa shape index (κ1) is 18.1. The highest BCUT2D eigenvalue weighted by atomic mass is 16.5. The predicted molar refractivity (Wildman–Crippen MR) is 103 cm³/mol. The minimum atomic E-state index is -0.899. The van der Waals surface area contributed by atoms with Crippen LogP contribution in [0, 0.1) is 5.41 Å². The van der Waals surface area contributed by atoms with E-state index in [2.05, 4.69) is 0 Å². The van der Waals surface area contributed by atoms with Gasteiger partial charge in [0.1, 0.15) is 18.1 Å². The smallest absolute Gasteiger partial charge is 0.311 e. The molecule has 2 heterocycles. The third-order valence-electron chi connectivity index (χ3n) is 5.25. The minimum Gasteiger partial charge on any atom is -0.486 e. The maximum absolute atomic E-state index is 12.6. The van der Waals surface area contributed by atoms with E-state index >= 15 is 0 Å². The lowest BCUT2D eigenvalue weighted by molar-refractivity contribution is -0.147. The van der Waals surface area contributed by atoms with Crippen molar-refractivity contribution in [2.75, 3.05) is 13.1 Å². The number of hydrogen-bond donors (Lipinski definition) is 1. The fourth-order valence-electron chi connectivity index (χ4n) is 3.45. The van der Waals surface area contributed by atoms with Crippen LogP contribution >= 0.6 is 0 Å². The number of fused-ring (bicyclic) bond motifs is 1. The molecule has 0 saturated carbocycles. The summed E-state index contributed by atoms with van der Waals surface area (Å²) in [5.41, 5.74) is -0.899. The van der Waals surface area contributed by atoms with Gasteiger partial charge in [0, 0.05) is 13.1 Å². The summed E-state index contributed by atoms with van der Waals surface area (Å²) in [5, 5.41) is 11.5. The molecule has 1 aliphatic rings. The maximum atomic E-state index is 12.6. The van der Waals surface area contributed by atoms with Gasteiger partial charge >= 0.3 is 5.97 Å². The van der Waals surface area contributed by atoms with Crippen LogP contribution in [0.4, 0.5) is 0 Å². The first-order valence-corrected chi connectivity index (χ1v) is 9.18. The molecule has 6 heteroatoms. The number of likely N-dealkylation sites (tertiary alicyclic amines) is 1. The monoisotopic (exact) mass is 379 g/mol. The lowest BCUT2D eigenvalue weighted by atomic mass is 9.90. The number of carbonyl (C=O) groups is 2. The van der Waals surface area contributed by atoms with Gasteiger partial charge in [-0.25, -0.2) is 0 Å². The van der Waals surface area contributed by atoms with Crippen LogP contribution in [0.5, 0.6) is 5.75 Å². The molecule has 1 aliphatic heterocycles. The maximum Gasteiger partial charge on any atom is 0.311 e. The van der Waals surface area contributed by atoms with Crippen LogP contribution in [0.1, 0.15) is 29.7 Å². The zero-order valence-electron chi connectivity index (χ0n) is 15.6. The van der Waals surface area contributed by atoms with Crippen LogP contribution in [0.2, 0.25) is 0 Å². The Labute approximate surface area is 162 Å². The zero-order valence-corrected chi connectivity index (χ0v) is 15.6. The molecule has 0 bridgehead atoms. The highest BCUT2D eigenvalue weighted by Crippen LogP contribution is 2.31. The van der Waals surface area contributed by atoms with E-state index in [1.165, 1.54) is 4.90 Å². The molecule has 4 rings (SSSR count). The van der Waals surface area contributed by atoms with Crippen LogP contribution in [0.15, 0.2) is 59.0 Å². The van der Waals surface area contributed by atoms with Crippen LogP contribution in [-0.2, 0) is 11.4 Å². The van der Waals surface area contributed by atoms with E-state index in [4.69, 9.17) is 9.15 Å². The van der Waals surface area contributed by atoms with Crippen molar-refractivity contribution in [2.45, 2.75) is 20.0 Å². The summed E-state index contributed by atoms with van der Waals surface area (Å²) in [6.45, 7) is 2.46. The molecule has 2 aromatic carbocycles. The van der Waals surface area contributed by atoms with Gasteiger partial charge in [0.05, 0.1) is 5.41 Å². The largest absolute Gasteiger partial charge is 0.486 e. The second kappa shape index (κ2) is 7.03. The Kier molecular flexibility index (Phi) is 4.55. The molecule has 1 atom stereocenters. The first-order chi connectivity index (χ1) is 13.4. The number of amides is 1. The topological polar surface area (TPSA) is 80.0 Å². The fourth-order valence-corrected chi connectivity index (χ4v) is 3.45. The van der Waals surface area contributed by atoms with Gasteiger partial charge < -0.3 is 19.2 Å². The Hall–Kier alpha value is -3.28. The number of aliphatic carboxylic acids is 1. The number of hydrogen-bond acceptors (Lipinski definition) is 4. The van der Waals surface area contributed by atoms with Crippen LogP contribution < -0.4 is 4.74 Å². The van der Waals surface area contributed by atoms with Gasteiger partial charge in [-0.3, -0.25) is 9.59 Å². The Bertz CT molecular complexity index is 1040. The van der Waals surface area contributed by atoms with Crippen molar-refractivity contribution in [3.05, 3.63) is 66.1 Å². The Morgan fingerprint density at radius 2 is 1.93 bits per heavy atom. The number of nitrogens with zero attached hydrogens (tertiary/aromatic N) is 1. The lowest BCUT2D eigenvalue weighted by Crippen LogP contribution is -2.34. The van der Waals surface area contributed by atoms with Crippen molar-refractivity contribution in [3.8, 4) is 5.75 Å². The average molecular weight is 379 g/mol. The molecule has 3 aromatic rings. The second-order valence-corrected chi connectivity index (χ2v) is 7.41. The Morgan fingerprint density at radius 1 is 1.14 bits per heavy atom. The van der Waals surface area contributed by atoms with Crippen LogP contribution in [0.3, 0.4) is 0 Å². The Balaban J connectivity index is 1.40.